The van der Waals surface area contributed by atoms with Crippen LogP contribution in [-0.2, 0) is 11.3 Å². The second-order valence-corrected chi connectivity index (χ2v) is 5.86. The van der Waals surface area contributed by atoms with Crippen molar-refractivity contribution in [2.45, 2.75) is 13.0 Å². The molecule has 1 amide bonds. The minimum absolute atomic E-state index is 0.0228. The third-order valence-corrected chi connectivity index (χ3v) is 3.95. The van der Waals surface area contributed by atoms with Crippen molar-refractivity contribution in [1.82, 2.24) is 14.9 Å². The number of carbonyl (C=O) groups excluding carboxylic acids is 1. The van der Waals surface area contributed by atoms with Crippen LogP contribution in [0.1, 0.15) is 6.42 Å². The molecule has 0 aliphatic carbocycles. The van der Waals surface area contributed by atoms with Gasteiger partial charge in [-0.2, -0.15) is 0 Å². The number of ether oxygens (including phenoxy) is 1. The Bertz CT molecular complexity index is 1100. The van der Waals surface area contributed by atoms with Gasteiger partial charge in [-0.05, 0) is 24.3 Å². The van der Waals surface area contributed by atoms with Gasteiger partial charge in [0, 0.05) is 13.0 Å². The van der Waals surface area contributed by atoms with Crippen LogP contribution in [0.15, 0.2) is 59.7 Å². The number of hydrogen-bond acceptors (Lipinski definition) is 4. The van der Waals surface area contributed by atoms with Crippen molar-refractivity contribution < 1.29 is 13.9 Å². The van der Waals surface area contributed by atoms with E-state index in [2.05, 4.69) is 22.1 Å². The Labute approximate surface area is 161 Å². The number of rotatable bonds is 6. The molecular formula is C21H18FN3O3. The van der Waals surface area contributed by atoms with Gasteiger partial charge in [0.2, 0.25) is 5.91 Å². The number of para-hydroxylation sites is 2. The van der Waals surface area contributed by atoms with Crippen LogP contribution in [-0.4, -0.2) is 28.6 Å². The van der Waals surface area contributed by atoms with E-state index >= 15 is 0 Å². The van der Waals surface area contributed by atoms with E-state index in [1.807, 2.05) is 6.07 Å². The molecule has 0 aliphatic heterocycles. The molecule has 0 saturated carbocycles. The number of fused-ring (bicyclic) bond motifs is 1. The van der Waals surface area contributed by atoms with E-state index in [4.69, 9.17) is 4.74 Å². The molecule has 2 aromatic carbocycles. The van der Waals surface area contributed by atoms with Crippen LogP contribution in [0.25, 0.3) is 10.9 Å². The van der Waals surface area contributed by atoms with E-state index in [1.54, 1.807) is 30.3 Å². The number of halogens is 1. The van der Waals surface area contributed by atoms with Gasteiger partial charge in [-0.1, -0.05) is 36.1 Å². The van der Waals surface area contributed by atoms with Gasteiger partial charge in [0.25, 0.3) is 5.56 Å². The number of hydrogen-bond donors (Lipinski definition) is 1. The van der Waals surface area contributed by atoms with E-state index in [9.17, 15) is 14.0 Å². The van der Waals surface area contributed by atoms with Crippen LogP contribution in [0.5, 0.6) is 5.75 Å². The summed E-state index contributed by atoms with van der Waals surface area (Å²) in [4.78, 5) is 28.5. The summed E-state index contributed by atoms with van der Waals surface area (Å²) in [5.41, 5.74) is 0.449. The van der Waals surface area contributed by atoms with Gasteiger partial charge in [-0.15, -0.1) is 0 Å². The van der Waals surface area contributed by atoms with E-state index in [0.29, 0.717) is 10.9 Å². The number of benzene rings is 2. The van der Waals surface area contributed by atoms with Gasteiger partial charge < -0.3 is 10.1 Å². The summed E-state index contributed by atoms with van der Waals surface area (Å²) in [5, 5.41) is 3.16. The highest BCUT2D eigenvalue weighted by molar-refractivity contribution is 5.77. The second-order valence-electron chi connectivity index (χ2n) is 5.86. The van der Waals surface area contributed by atoms with Gasteiger partial charge in [-0.3, -0.25) is 14.2 Å². The SMILES string of the molecule is O=C(CCn1cnc2ccccc2c1=O)NCC#CCOc1ccccc1F. The van der Waals surface area contributed by atoms with Gasteiger partial charge in [0.05, 0.1) is 23.8 Å². The topological polar surface area (TPSA) is 73.2 Å². The van der Waals surface area contributed by atoms with Gasteiger partial charge in [0.15, 0.2) is 11.6 Å². The molecule has 0 aliphatic rings. The fourth-order valence-corrected chi connectivity index (χ4v) is 2.51. The van der Waals surface area contributed by atoms with Crippen molar-refractivity contribution in [1.29, 1.82) is 0 Å². The number of aryl methyl sites for hydroxylation is 1. The molecular weight excluding hydrogens is 361 g/mol. The Hall–Kier alpha value is -3.66. The minimum atomic E-state index is -0.448. The molecule has 0 atom stereocenters. The quantitative estimate of drug-likeness (QED) is 0.666. The zero-order valence-corrected chi connectivity index (χ0v) is 15.0. The van der Waals surface area contributed by atoms with Crippen molar-refractivity contribution in [3.05, 3.63) is 71.0 Å². The monoisotopic (exact) mass is 379 g/mol. The zero-order chi connectivity index (χ0) is 19.8. The van der Waals surface area contributed by atoms with Crippen molar-refractivity contribution in [3.63, 3.8) is 0 Å². The molecule has 0 fully saturated rings. The average Bonchev–Trinajstić information content (AvgIpc) is 2.71. The van der Waals surface area contributed by atoms with Crippen LogP contribution < -0.4 is 15.6 Å². The largest absolute Gasteiger partial charge is 0.478 e. The lowest BCUT2D eigenvalue weighted by Gasteiger charge is -2.06. The Morgan fingerprint density at radius 1 is 1.14 bits per heavy atom. The average molecular weight is 379 g/mol. The molecule has 0 saturated heterocycles. The lowest BCUT2D eigenvalue weighted by atomic mass is 10.2. The second kappa shape index (κ2) is 9.33. The van der Waals surface area contributed by atoms with Gasteiger partial charge in [-0.25, -0.2) is 9.37 Å². The Morgan fingerprint density at radius 2 is 1.93 bits per heavy atom. The van der Waals surface area contributed by atoms with Gasteiger partial charge >= 0.3 is 0 Å². The van der Waals surface area contributed by atoms with E-state index in [1.165, 1.54) is 23.0 Å². The highest BCUT2D eigenvalue weighted by Crippen LogP contribution is 2.14. The molecule has 0 radical (unpaired) electrons. The van der Waals surface area contributed by atoms with Crippen LogP contribution in [0.2, 0.25) is 0 Å². The molecule has 1 N–H and O–H groups in total. The third-order valence-electron chi connectivity index (χ3n) is 3.95. The molecule has 3 aromatic rings. The number of nitrogens with zero attached hydrogens (tertiary/aromatic N) is 2. The van der Waals surface area contributed by atoms with E-state index in [0.717, 1.165) is 0 Å². The van der Waals surface area contributed by atoms with Gasteiger partial charge in [0.1, 0.15) is 6.61 Å². The fourth-order valence-electron chi connectivity index (χ4n) is 2.51. The molecule has 1 aromatic heterocycles. The van der Waals surface area contributed by atoms with Crippen molar-refractivity contribution in [2.75, 3.05) is 13.2 Å². The molecule has 7 heteroatoms. The zero-order valence-electron chi connectivity index (χ0n) is 15.0. The van der Waals surface area contributed by atoms with Crippen LogP contribution in [0.3, 0.4) is 0 Å². The normalized spacial score (nSPS) is 10.2. The first-order chi connectivity index (χ1) is 13.6. The highest BCUT2D eigenvalue weighted by Gasteiger charge is 2.05. The van der Waals surface area contributed by atoms with Crippen molar-refractivity contribution in [3.8, 4) is 17.6 Å². The summed E-state index contributed by atoms with van der Waals surface area (Å²) >= 11 is 0. The first kappa shape index (κ1) is 19.1. The molecule has 3 rings (SSSR count). The van der Waals surface area contributed by atoms with Crippen molar-refractivity contribution in [2.24, 2.45) is 0 Å². The first-order valence-corrected chi connectivity index (χ1v) is 8.69. The summed E-state index contributed by atoms with van der Waals surface area (Å²) in [5.74, 6) is 4.88. The molecule has 6 nitrogen and oxygen atoms in total. The highest BCUT2D eigenvalue weighted by atomic mass is 19.1. The van der Waals surface area contributed by atoms with E-state index < -0.39 is 5.82 Å². The van der Waals surface area contributed by atoms with Crippen LogP contribution in [0.4, 0.5) is 4.39 Å². The van der Waals surface area contributed by atoms with Crippen LogP contribution >= 0.6 is 0 Å². The summed E-state index contributed by atoms with van der Waals surface area (Å²) in [6, 6.07) is 13.1. The predicted molar refractivity (Wildman–Crippen MR) is 103 cm³/mol. The molecule has 0 spiro atoms. The summed E-state index contributed by atoms with van der Waals surface area (Å²) in [6.45, 7) is 0.394. The Morgan fingerprint density at radius 3 is 2.79 bits per heavy atom. The van der Waals surface area contributed by atoms with E-state index in [-0.39, 0.29) is 43.3 Å². The molecule has 0 unspecified atom stereocenters. The standard InChI is InChI=1S/C21H18FN3O3/c22-17-8-2-4-10-19(17)28-14-6-5-12-23-20(26)11-13-25-15-24-18-9-3-1-7-16(18)21(25)27/h1-4,7-10,15H,11-14H2,(H,23,26). The smallest absolute Gasteiger partial charge is 0.261 e. The fraction of sp³-hybridized carbons (Fsp3) is 0.190. The lowest BCUT2D eigenvalue weighted by Crippen LogP contribution is -2.27. The minimum Gasteiger partial charge on any atom is -0.478 e. The summed E-state index contributed by atoms with van der Waals surface area (Å²) < 4.78 is 20.0. The Kier molecular flexibility index (Phi) is 6.37. The third kappa shape index (κ3) is 4.95. The maximum atomic E-state index is 13.4. The molecule has 0 bridgehead atoms. The molecule has 1 heterocycles. The number of amides is 1. The predicted octanol–water partition coefficient (Wildman–Crippen LogP) is 2.12. The first-order valence-electron chi connectivity index (χ1n) is 8.69. The Balaban J connectivity index is 1.43. The molecule has 142 valence electrons. The number of nitrogens with one attached hydrogen (secondary N) is 1. The summed E-state index contributed by atoms with van der Waals surface area (Å²) in [7, 11) is 0. The number of carbonyl (C=O) groups is 1. The maximum Gasteiger partial charge on any atom is 0.261 e. The lowest BCUT2D eigenvalue weighted by molar-refractivity contribution is -0.121. The summed E-state index contributed by atoms with van der Waals surface area (Å²) in [6.07, 6.45) is 1.57. The molecule has 28 heavy (non-hydrogen) atoms. The van der Waals surface area contributed by atoms with Crippen LogP contribution in [0, 0.1) is 17.7 Å². The maximum absolute atomic E-state index is 13.4. The number of aromatic nitrogens is 2. The van der Waals surface area contributed by atoms with Crippen molar-refractivity contribution >= 4 is 16.8 Å².